The van der Waals surface area contributed by atoms with Gasteiger partial charge in [0.05, 0.1) is 0 Å². The largest absolute Gasteiger partial charge is 0.484 e. The number of aryl methyl sites for hydroxylation is 1. The van der Waals surface area contributed by atoms with Gasteiger partial charge in [-0.05, 0) is 56.4 Å². The molecule has 0 bridgehead atoms. The van der Waals surface area contributed by atoms with Crippen molar-refractivity contribution in [1.82, 2.24) is 10.2 Å². The highest BCUT2D eigenvalue weighted by Crippen LogP contribution is 2.19. The molecule has 0 aliphatic heterocycles. The van der Waals surface area contributed by atoms with Gasteiger partial charge in [0, 0.05) is 12.6 Å². The maximum absolute atomic E-state index is 13.1. The summed E-state index contributed by atoms with van der Waals surface area (Å²) in [7, 11) is 0. The average Bonchev–Trinajstić information content (AvgIpc) is 2.76. The molecule has 0 aromatic heterocycles. The van der Waals surface area contributed by atoms with Gasteiger partial charge >= 0.3 is 0 Å². The summed E-state index contributed by atoms with van der Waals surface area (Å²) in [4.78, 5) is 27.4. The van der Waals surface area contributed by atoms with Gasteiger partial charge in [0.2, 0.25) is 5.91 Å². The molecule has 2 rings (SSSR count). The van der Waals surface area contributed by atoms with E-state index in [1.807, 2.05) is 69.3 Å². The Bertz CT molecular complexity index is 844. The topological polar surface area (TPSA) is 58.6 Å². The van der Waals surface area contributed by atoms with Crippen LogP contribution in [0.1, 0.15) is 63.6 Å². The fourth-order valence-electron chi connectivity index (χ4n) is 3.12. The van der Waals surface area contributed by atoms with Crippen LogP contribution in [0.2, 0.25) is 0 Å². The molecule has 1 N–H and O–H groups in total. The van der Waals surface area contributed by atoms with Crippen LogP contribution in [0.3, 0.4) is 0 Å². The smallest absolute Gasteiger partial charge is 0.261 e. The lowest BCUT2D eigenvalue weighted by Crippen LogP contribution is -2.50. The minimum absolute atomic E-state index is 0.0574. The number of carbonyl (C=O) groups excluding carboxylic acids is 2. The second kappa shape index (κ2) is 11.5. The van der Waals surface area contributed by atoms with Gasteiger partial charge in [0.1, 0.15) is 11.8 Å². The molecule has 2 amide bonds. The van der Waals surface area contributed by atoms with Gasteiger partial charge in [0.25, 0.3) is 5.91 Å². The molecule has 0 heterocycles. The van der Waals surface area contributed by atoms with Gasteiger partial charge in [-0.15, -0.1) is 0 Å². The maximum atomic E-state index is 13.1. The molecule has 5 nitrogen and oxygen atoms in total. The lowest BCUT2D eigenvalue weighted by atomic mass is 10.0. The van der Waals surface area contributed by atoms with Crippen molar-refractivity contribution in [2.24, 2.45) is 0 Å². The van der Waals surface area contributed by atoms with Crippen LogP contribution in [0.15, 0.2) is 48.5 Å². The van der Waals surface area contributed by atoms with Gasteiger partial charge in [-0.3, -0.25) is 9.59 Å². The van der Waals surface area contributed by atoms with Crippen molar-refractivity contribution in [3.63, 3.8) is 0 Å². The highest BCUT2D eigenvalue weighted by molar-refractivity contribution is 5.88. The number of amides is 2. The van der Waals surface area contributed by atoms with Gasteiger partial charge < -0.3 is 15.0 Å². The SMILES string of the molecule is CC[C@H](C)NC(=O)[C@@H](C)N(Cc1ccc(C)cc1)C(=O)COc1ccc(C(C)C)cc1. The van der Waals surface area contributed by atoms with Gasteiger partial charge in [-0.1, -0.05) is 62.7 Å². The summed E-state index contributed by atoms with van der Waals surface area (Å²) in [6.45, 7) is 12.3. The summed E-state index contributed by atoms with van der Waals surface area (Å²) in [6, 6.07) is 15.2. The van der Waals surface area contributed by atoms with E-state index in [1.165, 1.54) is 5.56 Å². The van der Waals surface area contributed by atoms with Crippen LogP contribution in [0.4, 0.5) is 0 Å². The van der Waals surface area contributed by atoms with Crippen LogP contribution in [0.5, 0.6) is 5.75 Å². The Balaban J connectivity index is 2.12. The summed E-state index contributed by atoms with van der Waals surface area (Å²) in [5.74, 6) is 0.701. The number of nitrogens with one attached hydrogen (secondary N) is 1. The highest BCUT2D eigenvalue weighted by atomic mass is 16.5. The number of benzene rings is 2. The first-order valence-corrected chi connectivity index (χ1v) is 11.1. The molecule has 0 radical (unpaired) electrons. The fraction of sp³-hybridized carbons (Fsp3) is 0.462. The van der Waals surface area contributed by atoms with E-state index in [0.717, 1.165) is 17.5 Å². The number of hydrogen-bond acceptors (Lipinski definition) is 3. The van der Waals surface area contributed by atoms with Crippen LogP contribution < -0.4 is 10.1 Å². The van der Waals surface area contributed by atoms with E-state index in [1.54, 1.807) is 11.8 Å². The van der Waals surface area contributed by atoms with E-state index < -0.39 is 6.04 Å². The molecule has 2 aromatic rings. The van der Waals surface area contributed by atoms with Crippen LogP contribution in [0.25, 0.3) is 0 Å². The molecular formula is C26H36N2O3. The van der Waals surface area contributed by atoms with Crippen molar-refractivity contribution in [2.45, 2.75) is 72.5 Å². The van der Waals surface area contributed by atoms with E-state index in [9.17, 15) is 9.59 Å². The standard InChI is InChI=1S/C26H36N2O3/c1-7-20(5)27-26(30)21(6)28(16-22-10-8-19(4)9-11-22)25(29)17-31-24-14-12-23(13-15-24)18(2)3/h8-15,18,20-21H,7,16-17H2,1-6H3,(H,27,30)/t20-,21+/m0/s1. The molecule has 0 unspecified atom stereocenters. The molecule has 0 aliphatic rings. The first-order valence-electron chi connectivity index (χ1n) is 11.1. The molecule has 2 atom stereocenters. The summed E-state index contributed by atoms with van der Waals surface area (Å²) in [6.07, 6.45) is 0.833. The molecule has 31 heavy (non-hydrogen) atoms. The fourth-order valence-corrected chi connectivity index (χ4v) is 3.12. The van der Waals surface area contributed by atoms with Crippen LogP contribution in [-0.4, -0.2) is 35.4 Å². The summed E-state index contributed by atoms with van der Waals surface area (Å²) in [5, 5.41) is 2.98. The van der Waals surface area contributed by atoms with Crippen molar-refractivity contribution in [1.29, 1.82) is 0 Å². The predicted molar refractivity (Wildman–Crippen MR) is 125 cm³/mol. The second-order valence-electron chi connectivity index (χ2n) is 8.51. The van der Waals surface area contributed by atoms with Gasteiger partial charge in [0.15, 0.2) is 6.61 Å². The van der Waals surface area contributed by atoms with E-state index >= 15 is 0 Å². The van der Waals surface area contributed by atoms with Gasteiger partial charge in [-0.2, -0.15) is 0 Å². The number of rotatable bonds is 10. The number of carbonyl (C=O) groups is 2. The Labute approximate surface area is 186 Å². The Morgan fingerprint density at radius 1 is 0.968 bits per heavy atom. The van der Waals surface area contributed by atoms with E-state index in [-0.39, 0.29) is 24.5 Å². The molecule has 5 heteroatoms. The molecule has 0 saturated carbocycles. The third-order valence-corrected chi connectivity index (χ3v) is 5.55. The third-order valence-electron chi connectivity index (χ3n) is 5.55. The molecule has 0 fully saturated rings. The van der Waals surface area contributed by atoms with Crippen molar-refractivity contribution in [2.75, 3.05) is 6.61 Å². The van der Waals surface area contributed by atoms with Crippen LogP contribution >= 0.6 is 0 Å². The zero-order chi connectivity index (χ0) is 23.0. The zero-order valence-electron chi connectivity index (χ0n) is 19.6. The maximum Gasteiger partial charge on any atom is 0.261 e. The second-order valence-corrected chi connectivity index (χ2v) is 8.51. The first-order chi connectivity index (χ1) is 14.7. The van der Waals surface area contributed by atoms with Crippen molar-refractivity contribution < 1.29 is 14.3 Å². The molecule has 0 spiro atoms. The van der Waals surface area contributed by atoms with Crippen molar-refractivity contribution in [3.8, 4) is 5.75 Å². The normalized spacial score (nSPS) is 12.9. The minimum Gasteiger partial charge on any atom is -0.484 e. The minimum atomic E-state index is -0.602. The van der Waals surface area contributed by atoms with Crippen LogP contribution in [0, 0.1) is 6.92 Å². The molecule has 168 valence electrons. The van der Waals surface area contributed by atoms with Gasteiger partial charge in [-0.25, -0.2) is 0 Å². The summed E-state index contributed by atoms with van der Waals surface area (Å²) >= 11 is 0. The zero-order valence-corrected chi connectivity index (χ0v) is 19.6. The van der Waals surface area contributed by atoms with E-state index in [2.05, 4.69) is 19.2 Å². The molecular weight excluding hydrogens is 388 g/mol. The van der Waals surface area contributed by atoms with Crippen molar-refractivity contribution >= 4 is 11.8 Å². The predicted octanol–water partition coefficient (Wildman–Crippen LogP) is 4.83. The van der Waals surface area contributed by atoms with E-state index in [0.29, 0.717) is 18.2 Å². The summed E-state index contributed by atoms with van der Waals surface area (Å²) in [5.41, 5.74) is 3.34. The average molecular weight is 425 g/mol. The Kier molecular flexibility index (Phi) is 9.10. The Morgan fingerprint density at radius 2 is 1.58 bits per heavy atom. The highest BCUT2D eigenvalue weighted by Gasteiger charge is 2.27. The quantitative estimate of drug-likeness (QED) is 0.594. The molecule has 0 saturated heterocycles. The lowest BCUT2D eigenvalue weighted by Gasteiger charge is -2.29. The first kappa shape index (κ1) is 24.4. The lowest BCUT2D eigenvalue weighted by molar-refractivity contribution is -0.142. The Morgan fingerprint density at radius 3 is 2.13 bits per heavy atom. The van der Waals surface area contributed by atoms with Crippen LogP contribution in [-0.2, 0) is 16.1 Å². The number of ether oxygens (including phenoxy) is 1. The Hall–Kier alpha value is -2.82. The summed E-state index contributed by atoms with van der Waals surface area (Å²) < 4.78 is 5.75. The van der Waals surface area contributed by atoms with Crippen molar-refractivity contribution in [3.05, 3.63) is 65.2 Å². The number of nitrogens with zero attached hydrogens (tertiary/aromatic N) is 1. The molecule has 2 aromatic carbocycles. The number of hydrogen-bond donors (Lipinski definition) is 1. The van der Waals surface area contributed by atoms with E-state index in [4.69, 9.17) is 4.74 Å². The molecule has 0 aliphatic carbocycles. The monoisotopic (exact) mass is 424 g/mol. The third kappa shape index (κ3) is 7.42.